The lowest BCUT2D eigenvalue weighted by molar-refractivity contribution is 0.101. The summed E-state index contributed by atoms with van der Waals surface area (Å²) in [6.07, 6.45) is 3.43. The lowest BCUT2D eigenvalue weighted by Gasteiger charge is -1.97. The quantitative estimate of drug-likeness (QED) is 0.750. The lowest BCUT2D eigenvalue weighted by Crippen LogP contribution is -1.94. The molecule has 0 aliphatic heterocycles. The number of carbonyl (C=O) groups is 1. The minimum Gasteiger partial charge on any atom is -0.355 e. The van der Waals surface area contributed by atoms with Gasteiger partial charge in [0.2, 0.25) is 5.82 Å². The highest BCUT2D eigenvalue weighted by atomic mass is 16.5. The van der Waals surface area contributed by atoms with Crippen molar-refractivity contribution in [3.05, 3.63) is 41.0 Å². The predicted octanol–water partition coefficient (Wildman–Crippen LogP) is 3.25. The average Bonchev–Trinajstić information content (AvgIpc) is 3.04. The molecule has 0 bridgehead atoms. The van der Waals surface area contributed by atoms with Crippen LogP contribution in [0.2, 0.25) is 0 Å². The molecule has 0 atom stereocenters. The van der Waals surface area contributed by atoms with E-state index in [2.05, 4.69) is 20.1 Å². The van der Waals surface area contributed by atoms with Crippen LogP contribution >= 0.6 is 0 Å². The van der Waals surface area contributed by atoms with E-state index in [4.69, 9.17) is 4.52 Å². The molecule has 6 heteroatoms. The molecule has 0 radical (unpaired) electrons. The Labute approximate surface area is 127 Å². The topological polar surface area (TPSA) is 84.7 Å². The molecule has 6 nitrogen and oxygen atoms in total. The van der Waals surface area contributed by atoms with Crippen LogP contribution in [0.1, 0.15) is 34.2 Å². The fourth-order valence-corrected chi connectivity index (χ4v) is 2.56. The first-order valence-corrected chi connectivity index (χ1v) is 6.94. The SMILES string of the molecule is CC(=O)c1[nH]c(C)c(-c2nc(-c3cnccc3C)no2)c1C. The molecule has 3 aromatic rings. The molecule has 1 N–H and O–H groups in total. The molecule has 0 unspecified atom stereocenters. The van der Waals surface area contributed by atoms with Crippen LogP contribution in [-0.4, -0.2) is 25.9 Å². The van der Waals surface area contributed by atoms with Crippen LogP contribution in [0.15, 0.2) is 23.0 Å². The number of nitrogens with one attached hydrogen (secondary N) is 1. The van der Waals surface area contributed by atoms with Crippen molar-refractivity contribution in [1.82, 2.24) is 20.1 Å². The molecular weight excluding hydrogens is 280 g/mol. The molecule has 0 amide bonds. The first kappa shape index (κ1) is 14.2. The second kappa shape index (κ2) is 5.22. The number of hydrogen-bond donors (Lipinski definition) is 1. The minimum atomic E-state index is -0.0188. The van der Waals surface area contributed by atoms with E-state index in [1.54, 1.807) is 12.4 Å². The molecule has 0 aliphatic rings. The zero-order valence-corrected chi connectivity index (χ0v) is 12.9. The second-order valence-corrected chi connectivity index (χ2v) is 5.29. The number of H-pyrrole nitrogens is 1. The van der Waals surface area contributed by atoms with Crippen molar-refractivity contribution < 1.29 is 9.32 Å². The Kier molecular flexibility index (Phi) is 3.36. The summed E-state index contributed by atoms with van der Waals surface area (Å²) in [6, 6.07) is 1.89. The Hall–Kier alpha value is -2.76. The Balaban J connectivity index is 2.09. The summed E-state index contributed by atoms with van der Waals surface area (Å²) in [6.45, 7) is 7.25. The smallest absolute Gasteiger partial charge is 0.260 e. The van der Waals surface area contributed by atoms with E-state index in [0.717, 1.165) is 27.9 Å². The number of Topliss-reactive ketones (excluding diaryl/α,β-unsaturated/α-hetero) is 1. The van der Waals surface area contributed by atoms with Gasteiger partial charge < -0.3 is 9.51 Å². The summed E-state index contributed by atoms with van der Waals surface area (Å²) in [4.78, 5) is 23.3. The minimum absolute atomic E-state index is 0.0188. The summed E-state index contributed by atoms with van der Waals surface area (Å²) >= 11 is 0. The monoisotopic (exact) mass is 296 g/mol. The van der Waals surface area contributed by atoms with Gasteiger partial charge in [-0.25, -0.2) is 0 Å². The number of carbonyl (C=O) groups excluding carboxylic acids is 1. The second-order valence-electron chi connectivity index (χ2n) is 5.29. The predicted molar refractivity (Wildman–Crippen MR) is 81.5 cm³/mol. The number of aromatic amines is 1. The van der Waals surface area contributed by atoms with Gasteiger partial charge in [0.15, 0.2) is 5.78 Å². The van der Waals surface area contributed by atoms with Gasteiger partial charge in [-0.15, -0.1) is 0 Å². The standard InChI is InChI=1S/C16H16N4O2/c1-8-5-6-17-7-12(8)15-19-16(22-20-15)13-9(2)14(11(4)21)18-10(13)3/h5-7,18H,1-4H3. The molecule has 3 heterocycles. The molecule has 3 rings (SSSR count). The van der Waals surface area contributed by atoms with Gasteiger partial charge in [0, 0.05) is 30.6 Å². The van der Waals surface area contributed by atoms with Gasteiger partial charge in [0.05, 0.1) is 11.3 Å². The maximum absolute atomic E-state index is 11.6. The van der Waals surface area contributed by atoms with Gasteiger partial charge in [-0.1, -0.05) is 5.16 Å². The summed E-state index contributed by atoms with van der Waals surface area (Å²) in [5.74, 6) is 0.872. The first-order valence-electron chi connectivity index (χ1n) is 6.94. The van der Waals surface area contributed by atoms with Crippen molar-refractivity contribution in [2.24, 2.45) is 0 Å². The molecule has 0 spiro atoms. The Morgan fingerprint density at radius 2 is 2.05 bits per heavy atom. The van der Waals surface area contributed by atoms with Gasteiger partial charge in [0.25, 0.3) is 5.89 Å². The number of aryl methyl sites for hydroxylation is 2. The van der Waals surface area contributed by atoms with Crippen molar-refractivity contribution in [1.29, 1.82) is 0 Å². The normalized spacial score (nSPS) is 10.9. The van der Waals surface area contributed by atoms with Crippen LogP contribution < -0.4 is 0 Å². The molecule has 0 aromatic carbocycles. The van der Waals surface area contributed by atoms with Crippen molar-refractivity contribution >= 4 is 5.78 Å². The molecular formula is C16H16N4O2. The van der Waals surface area contributed by atoms with E-state index in [9.17, 15) is 4.79 Å². The Morgan fingerprint density at radius 1 is 1.27 bits per heavy atom. The van der Waals surface area contributed by atoms with E-state index in [1.807, 2.05) is 26.8 Å². The van der Waals surface area contributed by atoms with Crippen molar-refractivity contribution in [3.8, 4) is 22.8 Å². The van der Waals surface area contributed by atoms with E-state index >= 15 is 0 Å². The third kappa shape index (κ3) is 2.22. The number of aromatic nitrogens is 4. The number of hydrogen-bond acceptors (Lipinski definition) is 5. The highest BCUT2D eigenvalue weighted by Crippen LogP contribution is 2.30. The van der Waals surface area contributed by atoms with Gasteiger partial charge in [-0.3, -0.25) is 9.78 Å². The third-order valence-electron chi connectivity index (χ3n) is 3.71. The van der Waals surface area contributed by atoms with Crippen LogP contribution in [-0.2, 0) is 0 Å². The number of rotatable bonds is 3. The van der Waals surface area contributed by atoms with Gasteiger partial charge in [0.1, 0.15) is 0 Å². The van der Waals surface area contributed by atoms with E-state index in [-0.39, 0.29) is 5.78 Å². The molecule has 22 heavy (non-hydrogen) atoms. The van der Waals surface area contributed by atoms with Crippen molar-refractivity contribution in [2.75, 3.05) is 0 Å². The molecule has 0 aliphatic carbocycles. The summed E-state index contributed by atoms with van der Waals surface area (Å²) in [5, 5.41) is 4.04. The van der Waals surface area contributed by atoms with Crippen molar-refractivity contribution in [3.63, 3.8) is 0 Å². The molecule has 0 saturated carbocycles. The van der Waals surface area contributed by atoms with Gasteiger partial charge >= 0.3 is 0 Å². The highest BCUT2D eigenvalue weighted by Gasteiger charge is 2.21. The zero-order chi connectivity index (χ0) is 15.9. The summed E-state index contributed by atoms with van der Waals surface area (Å²) in [5.41, 5.74) is 4.86. The lowest BCUT2D eigenvalue weighted by atomic mass is 10.1. The van der Waals surface area contributed by atoms with Crippen LogP contribution in [0.25, 0.3) is 22.8 Å². The highest BCUT2D eigenvalue weighted by molar-refractivity contribution is 5.96. The third-order valence-corrected chi connectivity index (χ3v) is 3.71. The fourth-order valence-electron chi connectivity index (χ4n) is 2.56. The zero-order valence-electron chi connectivity index (χ0n) is 12.9. The molecule has 0 saturated heterocycles. The van der Waals surface area contributed by atoms with Crippen LogP contribution in [0, 0.1) is 20.8 Å². The number of ketones is 1. The van der Waals surface area contributed by atoms with Crippen LogP contribution in [0.4, 0.5) is 0 Å². The van der Waals surface area contributed by atoms with E-state index in [1.165, 1.54) is 6.92 Å². The maximum atomic E-state index is 11.6. The largest absolute Gasteiger partial charge is 0.355 e. The molecule has 3 aromatic heterocycles. The molecule has 112 valence electrons. The van der Waals surface area contributed by atoms with Gasteiger partial charge in [-0.2, -0.15) is 4.98 Å². The summed E-state index contributed by atoms with van der Waals surface area (Å²) in [7, 11) is 0. The maximum Gasteiger partial charge on any atom is 0.260 e. The van der Waals surface area contributed by atoms with Crippen LogP contribution in [0.5, 0.6) is 0 Å². The first-order chi connectivity index (χ1) is 10.5. The fraction of sp³-hybridized carbons (Fsp3) is 0.250. The molecule has 0 fully saturated rings. The Bertz CT molecular complexity index is 861. The Morgan fingerprint density at radius 3 is 2.68 bits per heavy atom. The van der Waals surface area contributed by atoms with E-state index < -0.39 is 0 Å². The average molecular weight is 296 g/mol. The number of nitrogens with zero attached hydrogens (tertiary/aromatic N) is 3. The van der Waals surface area contributed by atoms with Crippen molar-refractivity contribution in [2.45, 2.75) is 27.7 Å². The van der Waals surface area contributed by atoms with Gasteiger partial charge in [-0.05, 0) is 38.0 Å². The number of pyridine rings is 1. The summed E-state index contributed by atoms with van der Waals surface area (Å²) < 4.78 is 5.39. The van der Waals surface area contributed by atoms with E-state index in [0.29, 0.717) is 17.4 Å². The van der Waals surface area contributed by atoms with Crippen LogP contribution in [0.3, 0.4) is 0 Å².